The molecule has 0 spiro atoms. The molecule has 0 unspecified atom stereocenters. The summed E-state index contributed by atoms with van der Waals surface area (Å²) in [6.45, 7) is 15.4. The summed E-state index contributed by atoms with van der Waals surface area (Å²) in [5.41, 5.74) is 11.0. The van der Waals surface area contributed by atoms with Gasteiger partial charge in [-0.2, -0.15) is 0 Å². The van der Waals surface area contributed by atoms with Gasteiger partial charge in [-0.05, 0) is 76.3 Å². The summed E-state index contributed by atoms with van der Waals surface area (Å²) in [5.74, 6) is 0. The predicted octanol–water partition coefficient (Wildman–Crippen LogP) is 5.36. The predicted molar refractivity (Wildman–Crippen MR) is 92.8 cm³/mol. The van der Waals surface area contributed by atoms with Crippen molar-refractivity contribution in [2.24, 2.45) is 0 Å². The van der Waals surface area contributed by atoms with Crippen LogP contribution in [0.2, 0.25) is 0 Å². The quantitative estimate of drug-likeness (QED) is 0.669. The maximum Gasteiger partial charge on any atom is 0.0426 e. The summed E-state index contributed by atoms with van der Waals surface area (Å²) >= 11 is 0. The maximum absolute atomic E-state index is 2.27. The molecule has 1 nitrogen and oxygen atoms in total. The van der Waals surface area contributed by atoms with Gasteiger partial charge >= 0.3 is 0 Å². The fourth-order valence-electron chi connectivity index (χ4n) is 2.62. The first kappa shape index (κ1) is 16.6. The summed E-state index contributed by atoms with van der Waals surface area (Å²) in [5, 5.41) is 0. The van der Waals surface area contributed by atoms with Crippen LogP contribution in [0.15, 0.2) is 17.2 Å². The third-order valence-electron chi connectivity index (χ3n) is 4.38. The van der Waals surface area contributed by atoms with E-state index in [1.54, 1.807) is 0 Å². The summed E-state index contributed by atoms with van der Waals surface area (Å²) < 4.78 is 0. The van der Waals surface area contributed by atoms with Gasteiger partial charge in [0.15, 0.2) is 0 Å². The second-order valence-corrected chi connectivity index (χ2v) is 6.17. The van der Waals surface area contributed by atoms with Gasteiger partial charge in [0.2, 0.25) is 0 Å². The third-order valence-corrected chi connectivity index (χ3v) is 4.38. The van der Waals surface area contributed by atoms with Crippen molar-refractivity contribution in [2.45, 2.75) is 48.5 Å². The molecule has 0 aliphatic carbocycles. The molecular weight excluding hydrogens is 242 g/mol. The molecule has 0 fully saturated rings. The smallest absolute Gasteiger partial charge is 0.0426 e. The molecule has 0 aromatic heterocycles. The minimum Gasteiger partial charge on any atom is -0.377 e. The molecule has 0 heterocycles. The number of nitrogens with zero attached hydrogens (tertiary/aromatic N) is 1. The van der Waals surface area contributed by atoms with Crippen molar-refractivity contribution in [3.8, 4) is 0 Å². The molecule has 20 heavy (non-hydrogen) atoms. The van der Waals surface area contributed by atoms with Crippen LogP contribution in [-0.2, 0) is 0 Å². The minimum atomic E-state index is 1.34. The molecule has 1 aromatic carbocycles. The Hall–Kier alpha value is -1.50. The third kappa shape index (κ3) is 3.15. The van der Waals surface area contributed by atoms with Gasteiger partial charge in [0, 0.05) is 19.8 Å². The first-order valence-electron chi connectivity index (χ1n) is 7.28. The average Bonchev–Trinajstić information content (AvgIpc) is 2.35. The molecular formula is C19H29N. The van der Waals surface area contributed by atoms with Gasteiger partial charge in [-0.15, -0.1) is 0 Å². The second kappa shape index (κ2) is 6.30. The standard InChI is InChI=1S/C19H29N/c1-12(2)13(3)10-11-18-14(4)16(6)19(20(8)9)17(7)15(18)5/h10-11H,1-9H3. The van der Waals surface area contributed by atoms with Crippen LogP contribution in [0.5, 0.6) is 0 Å². The Morgan fingerprint density at radius 1 is 0.800 bits per heavy atom. The lowest BCUT2D eigenvalue weighted by Crippen LogP contribution is -2.14. The molecule has 0 saturated heterocycles. The van der Waals surface area contributed by atoms with Crippen molar-refractivity contribution < 1.29 is 0 Å². The molecule has 1 rings (SSSR count). The number of benzene rings is 1. The van der Waals surface area contributed by atoms with Gasteiger partial charge in [0.25, 0.3) is 0 Å². The average molecular weight is 271 g/mol. The van der Waals surface area contributed by atoms with Crippen molar-refractivity contribution in [3.05, 3.63) is 45.0 Å². The number of hydrogen-bond acceptors (Lipinski definition) is 1. The highest BCUT2D eigenvalue weighted by Gasteiger charge is 2.14. The van der Waals surface area contributed by atoms with Crippen molar-refractivity contribution in [1.29, 1.82) is 0 Å². The van der Waals surface area contributed by atoms with Crippen molar-refractivity contribution >= 4 is 11.8 Å². The Kier molecular flexibility index (Phi) is 5.21. The highest BCUT2D eigenvalue weighted by Crippen LogP contribution is 2.33. The van der Waals surface area contributed by atoms with E-state index in [-0.39, 0.29) is 0 Å². The van der Waals surface area contributed by atoms with Crippen LogP contribution in [0.1, 0.15) is 48.6 Å². The zero-order valence-corrected chi connectivity index (χ0v) is 14.6. The lowest BCUT2D eigenvalue weighted by atomic mass is 9.91. The fourth-order valence-corrected chi connectivity index (χ4v) is 2.62. The van der Waals surface area contributed by atoms with E-state index in [1.165, 1.54) is 44.7 Å². The first-order chi connectivity index (χ1) is 9.18. The van der Waals surface area contributed by atoms with Crippen LogP contribution < -0.4 is 4.90 Å². The summed E-state index contributed by atoms with van der Waals surface area (Å²) in [4.78, 5) is 2.22. The molecule has 1 heteroatoms. The molecule has 0 saturated carbocycles. The fraction of sp³-hybridized carbons (Fsp3) is 0.474. The van der Waals surface area contributed by atoms with Gasteiger partial charge in [-0.25, -0.2) is 0 Å². The van der Waals surface area contributed by atoms with Crippen LogP contribution in [-0.4, -0.2) is 14.1 Å². The van der Waals surface area contributed by atoms with Crippen LogP contribution in [0.4, 0.5) is 5.69 Å². The Balaban J connectivity index is 3.49. The van der Waals surface area contributed by atoms with E-state index in [1.807, 2.05) is 0 Å². The molecule has 1 aromatic rings. The van der Waals surface area contributed by atoms with Crippen LogP contribution >= 0.6 is 0 Å². The summed E-state index contributed by atoms with van der Waals surface area (Å²) in [7, 11) is 4.24. The Morgan fingerprint density at radius 2 is 1.25 bits per heavy atom. The second-order valence-electron chi connectivity index (χ2n) is 6.17. The van der Waals surface area contributed by atoms with Crippen molar-refractivity contribution in [2.75, 3.05) is 19.0 Å². The lowest BCUT2D eigenvalue weighted by Gasteiger charge is -2.24. The van der Waals surface area contributed by atoms with Gasteiger partial charge in [0.1, 0.15) is 0 Å². The molecule has 0 bridgehead atoms. The van der Waals surface area contributed by atoms with E-state index in [0.29, 0.717) is 0 Å². The molecule has 0 aliphatic rings. The SMILES string of the molecule is CC(C)=C(C)C=Cc1c(C)c(C)c(N(C)C)c(C)c1C. The normalized spacial score (nSPS) is 11.1. The van der Waals surface area contributed by atoms with E-state index in [0.717, 1.165) is 0 Å². The van der Waals surface area contributed by atoms with E-state index in [4.69, 9.17) is 0 Å². The van der Waals surface area contributed by atoms with Crippen molar-refractivity contribution in [1.82, 2.24) is 0 Å². The maximum atomic E-state index is 2.27. The molecule has 110 valence electrons. The van der Waals surface area contributed by atoms with Crippen LogP contribution in [0.25, 0.3) is 6.08 Å². The summed E-state index contributed by atoms with van der Waals surface area (Å²) in [6, 6.07) is 0. The van der Waals surface area contributed by atoms with Gasteiger partial charge in [-0.3, -0.25) is 0 Å². The van der Waals surface area contributed by atoms with E-state index in [9.17, 15) is 0 Å². The largest absolute Gasteiger partial charge is 0.377 e. The molecule has 0 aliphatic heterocycles. The Morgan fingerprint density at radius 3 is 1.60 bits per heavy atom. The monoisotopic (exact) mass is 271 g/mol. The lowest BCUT2D eigenvalue weighted by molar-refractivity contribution is 1.07. The summed E-state index contributed by atoms with van der Waals surface area (Å²) in [6.07, 6.45) is 4.51. The molecule has 0 atom stereocenters. The van der Waals surface area contributed by atoms with E-state index < -0.39 is 0 Å². The zero-order valence-electron chi connectivity index (χ0n) is 14.6. The molecule has 0 radical (unpaired) electrons. The highest BCUT2D eigenvalue weighted by molar-refractivity contribution is 5.72. The molecule has 0 N–H and O–H groups in total. The van der Waals surface area contributed by atoms with Crippen LogP contribution in [0.3, 0.4) is 0 Å². The topological polar surface area (TPSA) is 3.24 Å². The number of anilines is 1. The van der Waals surface area contributed by atoms with E-state index in [2.05, 4.69) is 79.6 Å². The van der Waals surface area contributed by atoms with Crippen molar-refractivity contribution in [3.63, 3.8) is 0 Å². The molecule has 0 amide bonds. The van der Waals surface area contributed by atoms with Gasteiger partial charge < -0.3 is 4.90 Å². The first-order valence-corrected chi connectivity index (χ1v) is 7.28. The van der Waals surface area contributed by atoms with Gasteiger partial charge in [0.05, 0.1) is 0 Å². The Bertz CT molecular complexity index is 539. The Labute approximate surface area is 125 Å². The number of rotatable bonds is 3. The van der Waals surface area contributed by atoms with E-state index >= 15 is 0 Å². The zero-order chi connectivity index (χ0) is 15.6. The van der Waals surface area contributed by atoms with Gasteiger partial charge in [-0.1, -0.05) is 23.3 Å². The highest BCUT2D eigenvalue weighted by atomic mass is 15.1. The minimum absolute atomic E-state index is 1.34. The number of allylic oxidation sites excluding steroid dienone is 3. The number of hydrogen-bond donors (Lipinski definition) is 0. The van der Waals surface area contributed by atoms with Crippen LogP contribution in [0, 0.1) is 27.7 Å².